The molecule has 0 aromatic heterocycles. The normalized spacial score (nSPS) is 17.7. The summed E-state index contributed by atoms with van der Waals surface area (Å²) in [5, 5.41) is 9.11. The van der Waals surface area contributed by atoms with Gasteiger partial charge in [-0.25, -0.2) is 0 Å². The van der Waals surface area contributed by atoms with Crippen molar-refractivity contribution in [3.63, 3.8) is 0 Å². The fraction of sp³-hybridized carbons (Fsp3) is 0.667. The molecule has 1 aromatic rings. The summed E-state index contributed by atoms with van der Waals surface area (Å²) < 4.78 is 0. The molecule has 4 atom stereocenters. The Kier molecular flexibility index (Phi) is 7.15. The maximum Gasteiger partial charge on any atom is 0.0456 e. The zero-order valence-electron chi connectivity index (χ0n) is 13.0. The van der Waals surface area contributed by atoms with Crippen molar-refractivity contribution in [3.8, 4) is 0 Å². The lowest BCUT2D eigenvalue weighted by molar-refractivity contribution is 0.206. The number of hydrogen-bond donors (Lipinski definition) is 1. The van der Waals surface area contributed by atoms with Crippen molar-refractivity contribution < 1.29 is 5.11 Å². The summed E-state index contributed by atoms with van der Waals surface area (Å²) in [5.74, 6) is 2.53. The van der Waals surface area contributed by atoms with E-state index in [4.69, 9.17) is 5.11 Å². The SMILES string of the molecule is C[C@H](C[C@H](C)CO)C[C@@H](C)C[C@H](C)c1ccccc1. The summed E-state index contributed by atoms with van der Waals surface area (Å²) in [4.78, 5) is 0. The molecule has 0 aliphatic rings. The van der Waals surface area contributed by atoms with Gasteiger partial charge in [0.15, 0.2) is 0 Å². The largest absolute Gasteiger partial charge is 0.396 e. The van der Waals surface area contributed by atoms with Gasteiger partial charge in [-0.1, -0.05) is 58.0 Å². The predicted octanol–water partition coefficient (Wildman–Crippen LogP) is 4.86. The smallest absolute Gasteiger partial charge is 0.0456 e. The number of rotatable bonds is 8. The third-order valence-electron chi connectivity index (χ3n) is 4.05. The molecule has 0 bridgehead atoms. The van der Waals surface area contributed by atoms with Crippen molar-refractivity contribution in [2.45, 2.75) is 52.9 Å². The van der Waals surface area contributed by atoms with Gasteiger partial charge in [0.2, 0.25) is 0 Å². The van der Waals surface area contributed by atoms with Gasteiger partial charge in [0.05, 0.1) is 0 Å². The van der Waals surface area contributed by atoms with E-state index in [2.05, 4.69) is 58.0 Å². The molecule has 0 radical (unpaired) electrons. The minimum absolute atomic E-state index is 0.319. The Balaban J connectivity index is 2.36. The fourth-order valence-electron chi connectivity index (χ4n) is 3.16. The first-order chi connectivity index (χ1) is 9.02. The average molecular weight is 262 g/mol. The van der Waals surface area contributed by atoms with Gasteiger partial charge in [0, 0.05) is 6.61 Å². The van der Waals surface area contributed by atoms with E-state index in [9.17, 15) is 0 Å². The Morgan fingerprint density at radius 2 is 1.32 bits per heavy atom. The molecular formula is C18H30O. The van der Waals surface area contributed by atoms with Crippen LogP contribution in [-0.4, -0.2) is 11.7 Å². The highest BCUT2D eigenvalue weighted by atomic mass is 16.3. The Hall–Kier alpha value is -0.820. The summed E-state index contributed by atoms with van der Waals surface area (Å²) in [6.45, 7) is 9.45. The molecule has 108 valence electrons. The van der Waals surface area contributed by atoms with E-state index in [0.717, 1.165) is 12.3 Å². The summed E-state index contributed by atoms with van der Waals surface area (Å²) in [6.07, 6.45) is 3.66. The first-order valence-corrected chi connectivity index (χ1v) is 7.68. The van der Waals surface area contributed by atoms with Gasteiger partial charge in [0.1, 0.15) is 0 Å². The molecule has 0 amide bonds. The summed E-state index contributed by atoms with van der Waals surface area (Å²) in [6, 6.07) is 10.8. The molecule has 0 saturated carbocycles. The van der Waals surface area contributed by atoms with Crippen LogP contribution in [0.4, 0.5) is 0 Å². The average Bonchev–Trinajstić information content (AvgIpc) is 2.39. The molecule has 19 heavy (non-hydrogen) atoms. The van der Waals surface area contributed by atoms with Crippen molar-refractivity contribution in [2.24, 2.45) is 17.8 Å². The van der Waals surface area contributed by atoms with Crippen LogP contribution in [0.25, 0.3) is 0 Å². The van der Waals surface area contributed by atoms with E-state index >= 15 is 0 Å². The van der Waals surface area contributed by atoms with Gasteiger partial charge in [-0.3, -0.25) is 0 Å². The Labute approximate surface area is 119 Å². The number of hydrogen-bond acceptors (Lipinski definition) is 1. The third kappa shape index (κ3) is 6.24. The second-order valence-corrected chi connectivity index (χ2v) is 6.52. The van der Waals surface area contributed by atoms with Crippen molar-refractivity contribution >= 4 is 0 Å². The van der Waals surface area contributed by atoms with Crippen LogP contribution < -0.4 is 0 Å². The maximum absolute atomic E-state index is 9.11. The van der Waals surface area contributed by atoms with Crippen LogP contribution in [0, 0.1) is 17.8 Å². The van der Waals surface area contributed by atoms with E-state index in [0.29, 0.717) is 24.4 Å². The van der Waals surface area contributed by atoms with Crippen LogP contribution in [0.15, 0.2) is 30.3 Å². The van der Waals surface area contributed by atoms with Crippen LogP contribution in [0.3, 0.4) is 0 Å². The highest BCUT2D eigenvalue weighted by Gasteiger charge is 2.15. The van der Waals surface area contributed by atoms with E-state index in [1.54, 1.807) is 0 Å². The van der Waals surface area contributed by atoms with Gasteiger partial charge in [-0.2, -0.15) is 0 Å². The number of aliphatic hydroxyl groups excluding tert-OH is 1. The number of aliphatic hydroxyl groups is 1. The fourth-order valence-corrected chi connectivity index (χ4v) is 3.16. The van der Waals surface area contributed by atoms with E-state index in [-0.39, 0.29) is 0 Å². The van der Waals surface area contributed by atoms with Gasteiger partial charge < -0.3 is 5.11 Å². The molecule has 0 fully saturated rings. The predicted molar refractivity (Wildman–Crippen MR) is 83.3 cm³/mol. The lowest BCUT2D eigenvalue weighted by Crippen LogP contribution is -2.11. The highest BCUT2D eigenvalue weighted by Crippen LogP contribution is 2.28. The van der Waals surface area contributed by atoms with Crippen molar-refractivity contribution in [1.82, 2.24) is 0 Å². The van der Waals surface area contributed by atoms with Gasteiger partial charge in [-0.15, -0.1) is 0 Å². The molecule has 1 aromatic carbocycles. The van der Waals surface area contributed by atoms with Crippen LogP contribution >= 0.6 is 0 Å². The summed E-state index contributed by atoms with van der Waals surface area (Å²) >= 11 is 0. The first-order valence-electron chi connectivity index (χ1n) is 7.68. The highest BCUT2D eigenvalue weighted by molar-refractivity contribution is 5.18. The van der Waals surface area contributed by atoms with Crippen molar-refractivity contribution in [2.75, 3.05) is 6.61 Å². The van der Waals surface area contributed by atoms with Crippen LogP contribution in [-0.2, 0) is 0 Å². The van der Waals surface area contributed by atoms with Gasteiger partial charge >= 0.3 is 0 Å². The molecule has 1 N–H and O–H groups in total. The second kappa shape index (κ2) is 8.37. The quantitative estimate of drug-likeness (QED) is 0.709. The Bertz CT molecular complexity index is 333. The van der Waals surface area contributed by atoms with Gasteiger partial charge in [-0.05, 0) is 48.5 Å². The summed E-state index contributed by atoms with van der Waals surface area (Å²) in [7, 11) is 0. The lowest BCUT2D eigenvalue weighted by Gasteiger charge is -2.22. The molecule has 1 nitrogen and oxygen atoms in total. The van der Waals surface area contributed by atoms with Crippen molar-refractivity contribution in [3.05, 3.63) is 35.9 Å². The van der Waals surface area contributed by atoms with Crippen molar-refractivity contribution in [1.29, 1.82) is 0 Å². The topological polar surface area (TPSA) is 20.2 Å². The standard InChI is InChI=1S/C18H30O/c1-14(11-16(3)13-19)10-15(2)12-17(4)18-8-6-5-7-9-18/h5-9,14-17,19H,10-13H2,1-4H3/t14-,15+,16-,17-/m0/s1. The molecule has 0 unspecified atom stereocenters. The molecule has 0 aliphatic carbocycles. The Morgan fingerprint density at radius 1 is 0.789 bits per heavy atom. The zero-order valence-corrected chi connectivity index (χ0v) is 13.0. The Morgan fingerprint density at radius 3 is 1.89 bits per heavy atom. The molecular weight excluding hydrogens is 232 g/mol. The summed E-state index contributed by atoms with van der Waals surface area (Å²) in [5.41, 5.74) is 1.45. The minimum atomic E-state index is 0.319. The first kappa shape index (κ1) is 16.2. The van der Waals surface area contributed by atoms with Crippen LogP contribution in [0.5, 0.6) is 0 Å². The van der Waals surface area contributed by atoms with E-state index in [1.165, 1.54) is 18.4 Å². The molecule has 0 aliphatic heterocycles. The molecule has 1 rings (SSSR count). The third-order valence-corrected chi connectivity index (χ3v) is 4.05. The van der Waals surface area contributed by atoms with E-state index < -0.39 is 0 Å². The zero-order chi connectivity index (χ0) is 14.3. The molecule has 0 spiro atoms. The van der Waals surface area contributed by atoms with Gasteiger partial charge in [0.25, 0.3) is 0 Å². The second-order valence-electron chi connectivity index (χ2n) is 6.52. The van der Waals surface area contributed by atoms with Crippen LogP contribution in [0.2, 0.25) is 0 Å². The molecule has 0 heterocycles. The number of benzene rings is 1. The molecule has 0 saturated heterocycles. The van der Waals surface area contributed by atoms with Crippen LogP contribution in [0.1, 0.15) is 58.4 Å². The maximum atomic E-state index is 9.11. The molecule has 1 heteroatoms. The van der Waals surface area contributed by atoms with E-state index in [1.807, 2.05) is 0 Å². The monoisotopic (exact) mass is 262 g/mol. The minimum Gasteiger partial charge on any atom is -0.396 e. The lowest BCUT2D eigenvalue weighted by atomic mass is 9.84.